The number of hydrogen-bond acceptors (Lipinski definition) is 7. The van der Waals surface area contributed by atoms with Crippen LogP contribution in [0.5, 0.6) is 0 Å². The third-order valence-electron chi connectivity index (χ3n) is 6.47. The van der Waals surface area contributed by atoms with Gasteiger partial charge in [-0.2, -0.15) is 13.8 Å². The van der Waals surface area contributed by atoms with Crippen LogP contribution in [0.2, 0.25) is 0 Å². The van der Waals surface area contributed by atoms with E-state index in [1.54, 1.807) is 0 Å². The van der Waals surface area contributed by atoms with Crippen molar-refractivity contribution in [2.24, 2.45) is 21.6 Å². The minimum atomic E-state index is -3.19. The van der Waals surface area contributed by atoms with Crippen LogP contribution in [-0.4, -0.2) is 34.8 Å². The molecule has 0 aromatic carbocycles. The molecule has 4 rings (SSSR count). The molecular weight excluding hydrogens is 470 g/mol. The van der Waals surface area contributed by atoms with Crippen molar-refractivity contribution >= 4 is 23.3 Å². The van der Waals surface area contributed by atoms with Gasteiger partial charge in [0, 0.05) is 49.9 Å². The van der Waals surface area contributed by atoms with Crippen LogP contribution >= 0.6 is 11.3 Å². The lowest BCUT2D eigenvalue weighted by atomic mass is 9.78. The van der Waals surface area contributed by atoms with Crippen LogP contribution in [0.3, 0.4) is 0 Å². The molecule has 13 heteroatoms. The summed E-state index contributed by atoms with van der Waals surface area (Å²) < 4.78 is 82.6. The molecule has 1 aliphatic heterocycles. The maximum absolute atomic E-state index is 13.9. The largest absolute Gasteiger partial charge is 0.368 e. The highest BCUT2D eigenvalue weighted by Crippen LogP contribution is 2.47. The highest BCUT2D eigenvalue weighted by molar-refractivity contribution is 7.09. The Balaban J connectivity index is 1.63. The number of alkyl halides is 6. The summed E-state index contributed by atoms with van der Waals surface area (Å²) in [6.07, 6.45) is -0.758. The highest BCUT2D eigenvalue weighted by Gasteiger charge is 2.50. The number of thiazole rings is 1. The Morgan fingerprint density at radius 1 is 1.06 bits per heavy atom. The molecule has 1 aromatic heterocycles. The van der Waals surface area contributed by atoms with Gasteiger partial charge in [0.05, 0.1) is 0 Å². The first-order valence-electron chi connectivity index (χ1n) is 10.9. The van der Waals surface area contributed by atoms with Crippen molar-refractivity contribution in [1.82, 2.24) is 15.6 Å². The van der Waals surface area contributed by atoms with Crippen LogP contribution in [0.4, 0.5) is 26.3 Å². The van der Waals surface area contributed by atoms with Crippen LogP contribution in [0.25, 0.3) is 0 Å². The zero-order valence-electron chi connectivity index (χ0n) is 18.0. The summed E-state index contributed by atoms with van der Waals surface area (Å²) in [4.78, 5) is 12.6. The number of aliphatic imine (C=N–C) groups is 2. The molecule has 184 valence electrons. The molecule has 0 radical (unpaired) electrons. The summed E-state index contributed by atoms with van der Waals surface area (Å²) in [6, 6.07) is -0.304. The molecule has 6 nitrogen and oxygen atoms in total. The van der Waals surface area contributed by atoms with Gasteiger partial charge in [-0.1, -0.05) is 0 Å². The van der Waals surface area contributed by atoms with E-state index in [2.05, 4.69) is 25.6 Å². The summed E-state index contributed by atoms with van der Waals surface area (Å²) in [7, 11) is 0. The fraction of sp³-hybridized carbons (Fsp3) is 0.750. The van der Waals surface area contributed by atoms with Gasteiger partial charge >= 0.3 is 0 Å². The number of aromatic nitrogens is 1. The summed E-state index contributed by atoms with van der Waals surface area (Å²) in [6.45, 7) is 0.721. The molecule has 2 heterocycles. The number of guanidine groups is 2. The number of nitrogens with two attached hydrogens (primary N) is 1. The minimum absolute atomic E-state index is 0.0666. The molecule has 33 heavy (non-hydrogen) atoms. The number of halogens is 6. The average molecular weight is 497 g/mol. The van der Waals surface area contributed by atoms with E-state index < -0.39 is 35.0 Å². The zero-order chi connectivity index (χ0) is 24.1. The Morgan fingerprint density at radius 2 is 1.64 bits per heavy atom. The summed E-state index contributed by atoms with van der Waals surface area (Å²) in [5.74, 6) is -9.25. The van der Waals surface area contributed by atoms with Crippen LogP contribution < -0.4 is 16.4 Å². The van der Waals surface area contributed by atoms with E-state index in [1.165, 1.54) is 5.38 Å². The van der Waals surface area contributed by atoms with E-state index in [4.69, 9.17) is 5.73 Å². The summed E-state index contributed by atoms with van der Waals surface area (Å²) in [5.41, 5.74) is 4.07. The van der Waals surface area contributed by atoms with Crippen molar-refractivity contribution < 1.29 is 26.3 Å². The number of nitrogens with one attached hydrogen (secondary N) is 2. The van der Waals surface area contributed by atoms with Crippen LogP contribution in [0.1, 0.15) is 69.0 Å². The topological polar surface area (TPSA) is 87.7 Å². The second-order valence-electron chi connectivity index (χ2n) is 9.15. The smallest absolute Gasteiger partial charge is 0.287 e. The lowest BCUT2D eigenvalue weighted by Gasteiger charge is -2.43. The van der Waals surface area contributed by atoms with E-state index >= 15 is 0 Å². The predicted molar refractivity (Wildman–Crippen MR) is 113 cm³/mol. The third-order valence-corrected chi connectivity index (χ3v) is 7.44. The molecule has 1 atom stereocenters. The SMILES string of the molecule is CC(F)(F)c1csc(C2(C3CCC(F)(F)CC3)N=C(N)N=C(NC3CCC(F)(F)CC3)N2)n1. The molecule has 1 aromatic rings. The van der Waals surface area contributed by atoms with Crippen molar-refractivity contribution in [3.63, 3.8) is 0 Å². The lowest BCUT2D eigenvalue weighted by Crippen LogP contribution is -2.59. The first kappa shape index (κ1) is 24.1. The van der Waals surface area contributed by atoms with Crippen molar-refractivity contribution in [2.75, 3.05) is 0 Å². The third kappa shape index (κ3) is 5.22. The molecule has 1 unspecified atom stereocenters. The van der Waals surface area contributed by atoms with E-state index in [0.717, 1.165) is 18.3 Å². The van der Waals surface area contributed by atoms with Gasteiger partial charge in [-0.25, -0.2) is 27.5 Å². The van der Waals surface area contributed by atoms with Crippen molar-refractivity contribution in [2.45, 2.75) is 87.8 Å². The maximum Gasteiger partial charge on any atom is 0.287 e. The molecule has 0 saturated heterocycles. The zero-order valence-corrected chi connectivity index (χ0v) is 18.8. The Hall–Kier alpha value is -2.05. The molecule has 0 amide bonds. The van der Waals surface area contributed by atoms with Crippen molar-refractivity contribution in [1.29, 1.82) is 0 Å². The second-order valence-corrected chi connectivity index (χ2v) is 10.0. The summed E-state index contributed by atoms with van der Waals surface area (Å²) in [5, 5.41) is 7.53. The van der Waals surface area contributed by atoms with Gasteiger partial charge in [0.15, 0.2) is 5.66 Å². The van der Waals surface area contributed by atoms with E-state index in [0.29, 0.717) is 0 Å². The molecule has 2 aliphatic carbocycles. The molecule has 0 bridgehead atoms. The van der Waals surface area contributed by atoms with E-state index in [-0.39, 0.29) is 74.3 Å². The Labute approximate surface area is 191 Å². The monoisotopic (exact) mass is 496 g/mol. The van der Waals surface area contributed by atoms with Gasteiger partial charge in [0.1, 0.15) is 10.7 Å². The summed E-state index contributed by atoms with van der Waals surface area (Å²) >= 11 is 0.940. The van der Waals surface area contributed by atoms with Crippen molar-refractivity contribution in [3.05, 3.63) is 16.1 Å². The molecule has 4 N–H and O–H groups in total. The standard InChI is InChI=1S/C20H26F6N6S/c1-17(21,22)13-10-33-14(29-13)20(11-2-6-18(23,24)7-3-11)31-15(27)30-16(32-20)28-12-4-8-19(25,26)9-5-12/h10-12H,2-9H2,1H3,(H4,27,28,30,31,32). The second kappa shape index (κ2) is 8.31. The van der Waals surface area contributed by atoms with Crippen molar-refractivity contribution in [3.8, 4) is 0 Å². The lowest BCUT2D eigenvalue weighted by molar-refractivity contribution is -0.0566. The minimum Gasteiger partial charge on any atom is -0.368 e. The first-order chi connectivity index (χ1) is 15.3. The van der Waals surface area contributed by atoms with Gasteiger partial charge in [0.25, 0.3) is 5.92 Å². The van der Waals surface area contributed by atoms with E-state index in [1.807, 2.05) is 0 Å². The Kier molecular flexibility index (Phi) is 6.07. The average Bonchev–Trinajstić information content (AvgIpc) is 3.20. The van der Waals surface area contributed by atoms with Gasteiger partial charge in [-0.05, 0) is 25.7 Å². The van der Waals surface area contributed by atoms with Gasteiger partial charge in [-0.3, -0.25) is 0 Å². The number of nitrogens with zero attached hydrogens (tertiary/aromatic N) is 3. The van der Waals surface area contributed by atoms with Gasteiger partial charge in [0.2, 0.25) is 23.8 Å². The van der Waals surface area contributed by atoms with Crippen LogP contribution in [0, 0.1) is 5.92 Å². The first-order valence-corrected chi connectivity index (χ1v) is 11.7. The van der Waals surface area contributed by atoms with E-state index in [9.17, 15) is 26.3 Å². The fourth-order valence-electron chi connectivity index (χ4n) is 4.58. The van der Waals surface area contributed by atoms with Crippen LogP contribution in [0.15, 0.2) is 15.4 Å². The predicted octanol–water partition coefficient (Wildman–Crippen LogP) is 4.67. The normalized spacial score (nSPS) is 28.6. The van der Waals surface area contributed by atoms with Crippen LogP contribution in [-0.2, 0) is 11.6 Å². The highest BCUT2D eigenvalue weighted by atomic mass is 32.1. The van der Waals surface area contributed by atoms with Gasteiger partial charge < -0.3 is 16.4 Å². The molecule has 2 fully saturated rings. The molecule has 2 saturated carbocycles. The fourth-order valence-corrected chi connectivity index (χ4v) is 5.66. The molecule has 0 spiro atoms. The maximum atomic E-state index is 13.9. The number of hydrogen-bond donors (Lipinski definition) is 3. The Morgan fingerprint density at radius 3 is 2.18 bits per heavy atom. The molecular formula is C20H26F6N6S. The van der Waals surface area contributed by atoms with Gasteiger partial charge in [-0.15, -0.1) is 11.3 Å². The molecule has 3 aliphatic rings. The Bertz CT molecular complexity index is 922. The quantitative estimate of drug-likeness (QED) is 0.529. The number of rotatable bonds is 4.